The molecule has 132 valence electrons. The summed E-state index contributed by atoms with van der Waals surface area (Å²) < 4.78 is 5.41. The molecule has 0 saturated heterocycles. The summed E-state index contributed by atoms with van der Waals surface area (Å²) in [5.74, 6) is 0.480. The van der Waals surface area contributed by atoms with Gasteiger partial charge in [0.1, 0.15) is 5.76 Å². The zero-order chi connectivity index (χ0) is 18.2. The van der Waals surface area contributed by atoms with Crippen molar-refractivity contribution in [2.75, 3.05) is 27.7 Å². The van der Waals surface area contributed by atoms with E-state index in [2.05, 4.69) is 10.6 Å². The van der Waals surface area contributed by atoms with Crippen molar-refractivity contribution in [1.29, 1.82) is 0 Å². The summed E-state index contributed by atoms with van der Waals surface area (Å²) in [6.07, 6.45) is 4.81. The Morgan fingerprint density at radius 3 is 2.48 bits per heavy atom. The molecule has 0 aliphatic rings. The lowest BCUT2D eigenvalue weighted by Crippen LogP contribution is -2.33. The molecule has 6 nitrogen and oxygen atoms in total. The average Bonchev–Trinajstić information content (AvgIpc) is 3.14. The van der Waals surface area contributed by atoms with Gasteiger partial charge in [0.2, 0.25) is 5.91 Å². The van der Waals surface area contributed by atoms with E-state index in [0.717, 1.165) is 11.3 Å². The molecule has 2 N–H and O–H groups in total. The number of benzene rings is 1. The van der Waals surface area contributed by atoms with Crippen LogP contribution in [0.3, 0.4) is 0 Å². The Balaban J connectivity index is 1.91. The van der Waals surface area contributed by atoms with E-state index in [4.69, 9.17) is 4.42 Å². The van der Waals surface area contributed by atoms with Crippen LogP contribution in [0.2, 0.25) is 0 Å². The fraction of sp³-hybridized carbons (Fsp3) is 0.263. The predicted molar refractivity (Wildman–Crippen MR) is 97.0 cm³/mol. The van der Waals surface area contributed by atoms with Crippen LogP contribution in [-0.4, -0.2) is 44.4 Å². The first-order valence-electron chi connectivity index (χ1n) is 7.99. The van der Waals surface area contributed by atoms with Crippen LogP contribution in [0.5, 0.6) is 0 Å². The van der Waals surface area contributed by atoms with Gasteiger partial charge >= 0.3 is 0 Å². The Kier molecular flexibility index (Phi) is 6.54. The van der Waals surface area contributed by atoms with Crippen molar-refractivity contribution in [3.63, 3.8) is 0 Å². The fourth-order valence-corrected chi connectivity index (χ4v) is 2.34. The lowest BCUT2D eigenvalue weighted by Gasteiger charge is -2.22. The largest absolute Gasteiger partial charge is 0.468 e. The minimum absolute atomic E-state index is 0.0285. The predicted octanol–water partition coefficient (Wildman–Crippen LogP) is 2.07. The second-order valence-electron chi connectivity index (χ2n) is 5.77. The highest BCUT2D eigenvalue weighted by Gasteiger charge is 2.17. The molecule has 6 heteroatoms. The summed E-state index contributed by atoms with van der Waals surface area (Å²) in [5.41, 5.74) is 1.43. The van der Waals surface area contributed by atoms with Gasteiger partial charge < -0.3 is 15.1 Å². The molecule has 25 heavy (non-hydrogen) atoms. The molecule has 1 atom stereocenters. The topological polar surface area (TPSA) is 74.6 Å². The molecular weight excluding hydrogens is 318 g/mol. The van der Waals surface area contributed by atoms with Crippen LogP contribution in [0.1, 0.15) is 27.7 Å². The minimum atomic E-state index is -0.186. The molecule has 1 aromatic heterocycles. The molecule has 0 spiro atoms. The Morgan fingerprint density at radius 2 is 1.92 bits per heavy atom. The molecule has 0 aliphatic carbocycles. The molecule has 2 amide bonds. The van der Waals surface area contributed by atoms with Crippen molar-refractivity contribution >= 4 is 17.9 Å². The second kappa shape index (κ2) is 8.84. The zero-order valence-electron chi connectivity index (χ0n) is 14.7. The highest BCUT2D eigenvalue weighted by atomic mass is 16.3. The molecule has 0 radical (unpaired) electrons. The molecular formula is C19H23N3O3. The Hall–Kier alpha value is -2.86. The number of nitrogens with zero attached hydrogens (tertiary/aromatic N) is 1. The van der Waals surface area contributed by atoms with E-state index < -0.39 is 0 Å². The number of amides is 2. The van der Waals surface area contributed by atoms with Gasteiger partial charge in [0.25, 0.3) is 5.91 Å². The van der Waals surface area contributed by atoms with Crippen molar-refractivity contribution in [3.05, 3.63) is 65.6 Å². The first-order valence-corrected chi connectivity index (χ1v) is 7.99. The number of hydrogen-bond acceptors (Lipinski definition) is 4. The Bertz CT molecular complexity index is 719. The van der Waals surface area contributed by atoms with E-state index in [-0.39, 0.29) is 17.9 Å². The smallest absolute Gasteiger partial charge is 0.251 e. The summed E-state index contributed by atoms with van der Waals surface area (Å²) >= 11 is 0. The molecule has 0 bridgehead atoms. The third-order valence-corrected chi connectivity index (χ3v) is 3.79. The van der Waals surface area contributed by atoms with Crippen LogP contribution in [0.15, 0.2) is 53.2 Å². The Morgan fingerprint density at radius 1 is 1.20 bits per heavy atom. The molecule has 1 heterocycles. The maximum atomic E-state index is 12.0. The summed E-state index contributed by atoms with van der Waals surface area (Å²) in [7, 11) is 5.45. The average molecular weight is 341 g/mol. The quantitative estimate of drug-likeness (QED) is 0.756. The van der Waals surface area contributed by atoms with Crippen LogP contribution in [0.4, 0.5) is 0 Å². The molecule has 0 fully saturated rings. The third kappa shape index (κ3) is 5.32. The number of rotatable bonds is 7. The van der Waals surface area contributed by atoms with E-state index in [1.54, 1.807) is 43.7 Å². The van der Waals surface area contributed by atoms with E-state index in [1.165, 1.54) is 6.08 Å². The SMILES string of the molecule is CNC(=O)c1ccc(/C=C/C(=O)NC[C@@H](c2ccco2)N(C)C)cc1. The zero-order valence-corrected chi connectivity index (χ0v) is 14.7. The van der Waals surface area contributed by atoms with Gasteiger partial charge in [0.15, 0.2) is 0 Å². The lowest BCUT2D eigenvalue weighted by atomic mass is 10.1. The first-order chi connectivity index (χ1) is 12.0. The summed E-state index contributed by atoms with van der Waals surface area (Å²) in [6, 6.07) is 10.7. The number of carbonyl (C=O) groups excluding carboxylic acids is 2. The first kappa shape index (κ1) is 18.5. The highest BCUT2D eigenvalue weighted by Crippen LogP contribution is 2.17. The van der Waals surface area contributed by atoms with Crippen LogP contribution < -0.4 is 10.6 Å². The maximum absolute atomic E-state index is 12.0. The number of hydrogen-bond donors (Lipinski definition) is 2. The highest BCUT2D eigenvalue weighted by molar-refractivity contribution is 5.94. The van der Waals surface area contributed by atoms with E-state index in [1.807, 2.05) is 31.1 Å². The van der Waals surface area contributed by atoms with Gasteiger partial charge in [-0.15, -0.1) is 0 Å². The van der Waals surface area contributed by atoms with Gasteiger partial charge in [0.05, 0.1) is 12.3 Å². The third-order valence-electron chi connectivity index (χ3n) is 3.79. The molecule has 1 aromatic carbocycles. The van der Waals surface area contributed by atoms with Crippen molar-refractivity contribution in [2.24, 2.45) is 0 Å². The summed E-state index contributed by atoms with van der Waals surface area (Å²) in [4.78, 5) is 25.5. The van der Waals surface area contributed by atoms with Crippen LogP contribution in [0.25, 0.3) is 6.08 Å². The van der Waals surface area contributed by atoms with Crippen LogP contribution in [-0.2, 0) is 4.79 Å². The van der Waals surface area contributed by atoms with E-state index in [0.29, 0.717) is 12.1 Å². The molecule has 2 rings (SSSR count). The van der Waals surface area contributed by atoms with Crippen molar-refractivity contribution in [1.82, 2.24) is 15.5 Å². The van der Waals surface area contributed by atoms with Gasteiger partial charge in [-0.05, 0) is 50.0 Å². The van der Waals surface area contributed by atoms with Crippen LogP contribution in [0, 0.1) is 0 Å². The molecule has 0 saturated carbocycles. The fourth-order valence-electron chi connectivity index (χ4n) is 2.34. The Labute approximate surface area is 147 Å². The van der Waals surface area contributed by atoms with Gasteiger partial charge in [-0.2, -0.15) is 0 Å². The van der Waals surface area contributed by atoms with Crippen LogP contribution >= 0.6 is 0 Å². The minimum Gasteiger partial charge on any atom is -0.468 e. The standard InChI is InChI=1S/C19H23N3O3/c1-20-19(24)15-9-6-14(7-10-15)8-11-18(23)21-13-16(22(2)3)17-5-4-12-25-17/h4-12,16H,13H2,1-3H3,(H,20,24)(H,21,23)/b11-8+/t16-/m0/s1. The van der Waals surface area contributed by atoms with Gasteiger partial charge in [0, 0.05) is 25.2 Å². The maximum Gasteiger partial charge on any atom is 0.251 e. The van der Waals surface area contributed by atoms with Crippen molar-refractivity contribution in [2.45, 2.75) is 6.04 Å². The number of carbonyl (C=O) groups is 2. The molecule has 0 aliphatic heterocycles. The summed E-state index contributed by atoms with van der Waals surface area (Å²) in [6.45, 7) is 0.444. The van der Waals surface area contributed by atoms with Gasteiger partial charge in [-0.3, -0.25) is 14.5 Å². The van der Waals surface area contributed by atoms with Gasteiger partial charge in [-0.25, -0.2) is 0 Å². The van der Waals surface area contributed by atoms with Crippen molar-refractivity contribution < 1.29 is 14.0 Å². The van der Waals surface area contributed by atoms with E-state index in [9.17, 15) is 9.59 Å². The van der Waals surface area contributed by atoms with E-state index >= 15 is 0 Å². The molecule has 2 aromatic rings. The van der Waals surface area contributed by atoms with Crippen molar-refractivity contribution in [3.8, 4) is 0 Å². The summed E-state index contributed by atoms with van der Waals surface area (Å²) in [5, 5.41) is 5.44. The normalized spacial score (nSPS) is 12.3. The van der Waals surface area contributed by atoms with Gasteiger partial charge in [-0.1, -0.05) is 12.1 Å². The number of furan rings is 1. The second-order valence-corrected chi connectivity index (χ2v) is 5.77. The monoisotopic (exact) mass is 341 g/mol. The lowest BCUT2D eigenvalue weighted by molar-refractivity contribution is -0.116. The number of nitrogens with one attached hydrogen (secondary N) is 2. The molecule has 0 unspecified atom stereocenters. The number of likely N-dealkylation sites (N-methyl/N-ethyl adjacent to an activating group) is 1.